The van der Waals surface area contributed by atoms with Crippen LogP contribution in [-0.2, 0) is 13.0 Å². The molecule has 8 heteroatoms. The van der Waals surface area contributed by atoms with Crippen molar-refractivity contribution < 1.29 is 19.1 Å². The van der Waals surface area contributed by atoms with Gasteiger partial charge in [0.05, 0.1) is 25.5 Å². The Kier molecular flexibility index (Phi) is 7.08. The number of benzene rings is 2. The lowest BCUT2D eigenvalue weighted by molar-refractivity contribution is -0.0163. The van der Waals surface area contributed by atoms with Crippen molar-refractivity contribution in [1.82, 2.24) is 15.0 Å². The van der Waals surface area contributed by atoms with E-state index in [4.69, 9.17) is 9.47 Å². The van der Waals surface area contributed by atoms with Gasteiger partial charge in [0.25, 0.3) is 11.8 Å². The fraction of sp³-hybridized carbons (Fsp3) is 0.269. The number of hydrazine groups is 1. The predicted octanol–water partition coefficient (Wildman–Crippen LogP) is 3.79. The van der Waals surface area contributed by atoms with Crippen LogP contribution < -0.4 is 14.8 Å². The van der Waals surface area contributed by atoms with Gasteiger partial charge < -0.3 is 14.8 Å². The molecular weight excluding hydrogens is 432 g/mol. The monoisotopic (exact) mass is 460 g/mol. The van der Waals surface area contributed by atoms with Gasteiger partial charge in [0.2, 0.25) is 0 Å². The van der Waals surface area contributed by atoms with Crippen LogP contribution in [0.1, 0.15) is 38.8 Å². The maximum Gasteiger partial charge on any atom is 0.270 e. The molecule has 176 valence electrons. The molecule has 0 radical (unpaired) electrons. The van der Waals surface area contributed by atoms with E-state index in [1.165, 1.54) is 5.56 Å². The van der Waals surface area contributed by atoms with Crippen LogP contribution in [0.3, 0.4) is 0 Å². The number of anilines is 1. The molecule has 1 N–H and O–H groups in total. The smallest absolute Gasteiger partial charge is 0.270 e. The van der Waals surface area contributed by atoms with E-state index in [1.54, 1.807) is 68.0 Å². The molecule has 0 saturated carbocycles. The van der Waals surface area contributed by atoms with Gasteiger partial charge in [-0.1, -0.05) is 12.1 Å². The van der Waals surface area contributed by atoms with Gasteiger partial charge in [-0.05, 0) is 60.9 Å². The highest BCUT2D eigenvalue weighted by molar-refractivity contribution is 6.08. The molecule has 4 rings (SSSR count). The van der Waals surface area contributed by atoms with Gasteiger partial charge in [-0.25, -0.2) is 5.01 Å². The minimum Gasteiger partial charge on any atom is -0.493 e. The number of nitrogens with one attached hydrogen (secondary N) is 1. The summed E-state index contributed by atoms with van der Waals surface area (Å²) in [5, 5.41) is 6.64. The summed E-state index contributed by atoms with van der Waals surface area (Å²) < 4.78 is 10.9. The molecular formula is C26H28N4O4. The van der Waals surface area contributed by atoms with Crippen LogP contribution in [0, 0.1) is 0 Å². The summed E-state index contributed by atoms with van der Waals surface area (Å²) in [6.45, 7) is 3.70. The number of para-hydroxylation sites is 1. The minimum absolute atomic E-state index is 0.169. The number of carbonyl (C=O) groups excluding carboxylic acids is 2. The molecule has 2 heterocycles. The van der Waals surface area contributed by atoms with Crippen molar-refractivity contribution in [2.45, 2.75) is 19.9 Å². The lowest BCUT2D eigenvalue weighted by atomic mass is 9.99. The average Bonchev–Trinajstić information content (AvgIpc) is 2.88. The Morgan fingerprint density at radius 3 is 2.38 bits per heavy atom. The van der Waals surface area contributed by atoms with Crippen LogP contribution in [0.25, 0.3) is 0 Å². The Morgan fingerprint density at radius 1 is 1.03 bits per heavy atom. The highest BCUT2D eigenvalue weighted by Gasteiger charge is 2.28. The van der Waals surface area contributed by atoms with Crippen LogP contribution in [0.4, 0.5) is 5.69 Å². The minimum atomic E-state index is -0.293. The first-order valence-corrected chi connectivity index (χ1v) is 11.2. The van der Waals surface area contributed by atoms with Crippen molar-refractivity contribution in [3.8, 4) is 11.5 Å². The molecule has 3 aromatic rings. The second kappa shape index (κ2) is 10.4. The number of rotatable bonds is 7. The van der Waals surface area contributed by atoms with Crippen molar-refractivity contribution in [3.05, 3.63) is 83.2 Å². The summed E-state index contributed by atoms with van der Waals surface area (Å²) >= 11 is 0. The Labute approximate surface area is 199 Å². The van der Waals surface area contributed by atoms with E-state index in [-0.39, 0.29) is 11.8 Å². The summed E-state index contributed by atoms with van der Waals surface area (Å²) in [6, 6.07) is 14.3. The van der Waals surface area contributed by atoms with E-state index < -0.39 is 0 Å². The molecule has 1 aromatic heterocycles. The third-order valence-electron chi connectivity index (χ3n) is 5.92. The molecule has 2 aromatic carbocycles. The number of hydrogen-bond donors (Lipinski definition) is 1. The number of amides is 2. The molecule has 0 fully saturated rings. The zero-order valence-electron chi connectivity index (χ0n) is 19.6. The summed E-state index contributed by atoms with van der Waals surface area (Å²) in [6.07, 6.45) is 3.90. The Bertz CT molecular complexity index is 1180. The third-order valence-corrected chi connectivity index (χ3v) is 5.92. The normalized spacial score (nSPS) is 13.0. The highest BCUT2D eigenvalue weighted by Crippen LogP contribution is 2.34. The fourth-order valence-corrected chi connectivity index (χ4v) is 4.16. The third kappa shape index (κ3) is 4.72. The molecule has 0 unspecified atom stereocenters. The van der Waals surface area contributed by atoms with E-state index in [2.05, 4.69) is 10.3 Å². The molecule has 0 atom stereocenters. The average molecular weight is 461 g/mol. The second-order valence-corrected chi connectivity index (χ2v) is 7.87. The maximum atomic E-state index is 13.6. The summed E-state index contributed by atoms with van der Waals surface area (Å²) in [5.41, 5.74) is 3.65. The summed E-state index contributed by atoms with van der Waals surface area (Å²) in [4.78, 5) is 30.3. The number of fused-ring (bicyclic) bond motifs is 1. The van der Waals surface area contributed by atoms with Crippen LogP contribution >= 0.6 is 0 Å². The van der Waals surface area contributed by atoms with Crippen molar-refractivity contribution in [3.63, 3.8) is 0 Å². The second-order valence-electron chi connectivity index (χ2n) is 7.87. The lowest BCUT2D eigenvalue weighted by Gasteiger charge is -2.38. The Balaban J connectivity index is 1.57. The van der Waals surface area contributed by atoms with Crippen LogP contribution in [0.2, 0.25) is 0 Å². The molecule has 0 aliphatic carbocycles. The van der Waals surface area contributed by atoms with Gasteiger partial charge in [0, 0.05) is 37.6 Å². The molecule has 1 aliphatic heterocycles. The van der Waals surface area contributed by atoms with Crippen LogP contribution in [0.5, 0.6) is 11.5 Å². The zero-order valence-corrected chi connectivity index (χ0v) is 19.6. The summed E-state index contributed by atoms with van der Waals surface area (Å²) in [5.74, 6) is 0.911. The predicted molar refractivity (Wildman–Crippen MR) is 129 cm³/mol. The van der Waals surface area contributed by atoms with Gasteiger partial charge in [0.15, 0.2) is 11.5 Å². The maximum absolute atomic E-state index is 13.6. The number of hydrogen-bond acceptors (Lipinski definition) is 6. The molecule has 0 spiro atoms. The Hall–Kier alpha value is -3.91. The molecule has 0 saturated heterocycles. The van der Waals surface area contributed by atoms with Crippen molar-refractivity contribution in [1.29, 1.82) is 0 Å². The highest BCUT2D eigenvalue weighted by atomic mass is 16.5. The van der Waals surface area contributed by atoms with E-state index in [0.717, 1.165) is 12.0 Å². The lowest BCUT2D eigenvalue weighted by Crippen LogP contribution is -2.48. The summed E-state index contributed by atoms with van der Waals surface area (Å²) in [7, 11) is 3.24. The van der Waals surface area contributed by atoms with Crippen molar-refractivity contribution in [2.75, 3.05) is 32.6 Å². The molecule has 34 heavy (non-hydrogen) atoms. The van der Waals surface area contributed by atoms with Gasteiger partial charge in [-0.3, -0.25) is 19.6 Å². The number of pyridine rings is 1. The van der Waals surface area contributed by atoms with Crippen molar-refractivity contribution in [2.24, 2.45) is 0 Å². The van der Waals surface area contributed by atoms with Gasteiger partial charge in [-0.2, -0.15) is 0 Å². The van der Waals surface area contributed by atoms with E-state index >= 15 is 0 Å². The van der Waals surface area contributed by atoms with Gasteiger partial charge in [0.1, 0.15) is 0 Å². The Morgan fingerprint density at radius 2 is 1.71 bits per heavy atom. The SMILES string of the molecule is CCN(C(=O)c1ccccc1NC(=O)c1ccncc1)N1CCc2cc(OC)c(OC)cc2C1. The first kappa shape index (κ1) is 23.3. The number of carbonyl (C=O) groups is 2. The number of methoxy groups -OCH3 is 2. The van der Waals surface area contributed by atoms with Crippen molar-refractivity contribution >= 4 is 17.5 Å². The largest absolute Gasteiger partial charge is 0.493 e. The molecule has 8 nitrogen and oxygen atoms in total. The molecule has 1 aliphatic rings. The van der Waals surface area contributed by atoms with Crippen LogP contribution in [0.15, 0.2) is 60.9 Å². The molecule has 2 amide bonds. The van der Waals surface area contributed by atoms with Crippen LogP contribution in [-0.4, -0.2) is 54.1 Å². The number of ether oxygens (including phenoxy) is 2. The molecule has 0 bridgehead atoms. The standard InChI is InChI=1S/C26H28N4O4/c1-4-30(29-14-11-19-15-23(33-2)24(34-3)16-20(19)17-29)26(32)21-7-5-6-8-22(21)28-25(31)18-9-12-27-13-10-18/h5-10,12-13,15-16H,4,11,14,17H2,1-3H3,(H,28,31). The van der Waals surface area contributed by atoms with E-state index in [1.807, 2.05) is 24.1 Å². The zero-order chi connectivity index (χ0) is 24.1. The van der Waals surface area contributed by atoms with Gasteiger partial charge in [-0.15, -0.1) is 0 Å². The first-order chi connectivity index (χ1) is 16.5. The van der Waals surface area contributed by atoms with Gasteiger partial charge >= 0.3 is 0 Å². The number of aromatic nitrogens is 1. The topological polar surface area (TPSA) is 84.0 Å². The quantitative estimate of drug-likeness (QED) is 0.578. The van der Waals surface area contributed by atoms with E-state index in [0.29, 0.717) is 47.9 Å². The number of nitrogens with zero attached hydrogens (tertiary/aromatic N) is 3. The van der Waals surface area contributed by atoms with E-state index in [9.17, 15) is 9.59 Å². The fourth-order valence-electron chi connectivity index (χ4n) is 4.16. The first-order valence-electron chi connectivity index (χ1n) is 11.2.